The molecule has 600 valence electrons. The normalized spacial score (nSPS) is 14.1. The van der Waals surface area contributed by atoms with Crippen LogP contribution in [0, 0.1) is 5.92 Å². The zero-order valence-electron chi connectivity index (χ0n) is 66.1. The summed E-state index contributed by atoms with van der Waals surface area (Å²) in [6.45, 7) is 7.29. The van der Waals surface area contributed by atoms with Gasteiger partial charge < -0.3 is 33.8 Å². The Bertz CT molecular complexity index is 1930. The van der Waals surface area contributed by atoms with Crippen LogP contribution in [0.2, 0.25) is 0 Å². The first kappa shape index (κ1) is 99.1. The lowest BCUT2D eigenvalue weighted by Gasteiger charge is -2.21. The number of esters is 4. The Balaban J connectivity index is 5.17. The molecule has 0 saturated carbocycles. The first-order chi connectivity index (χ1) is 49.1. The number of unbranched alkanes of at least 4 members (excludes halogenated alkanes) is 53. The molecule has 0 amide bonds. The molecule has 3 unspecified atom stereocenters. The van der Waals surface area contributed by atoms with E-state index in [0.29, 0.717) is 25.7 Å². The van der Waals surface area contributed by atoms with E-state index in [2.05, 4.69) is 34.6 Å². The number of hydrogen-bond donors (Lipinski definition) is 3. The Morgan fingerprint density at radius 3 is 0.703 bits per heavy atom. The number of phosphoric ester groups is 2. The SMILES string of the molecule is CCCCCCCCCCCCCCCCCCCCCCCCC(=O)O[C@H](COC(=O)CCCCCCCCCCCCCCCCCCCCC)COP(=O)(O)OC[C@@H](O)COP(=O)(O)OC[C@@H](COC(=O)CCCCCCCCCC)OC(=O)CCCCCCCCCCC(C)CC. The van der Waals surface area contributed by atoms with E-state index in [1.807, 2.05) is 0 Å². The highest BCUT2D eigenvalue weighted by Gasteiger charge is 2.30. The number of phosphoric acid groups is 2. The van der Waals surface area contributed by atoms with Crippen molar-refractivity contribution >= 4 is 39.5 Å². The fourth-order valence-electron chi connectivity index (χ4n) is 12.7. The molecule has 6 atom stereocenters. The van der Waals surface area contributed by atoms with Crippen LogP contribution in [0.5, 0.6) is 0 Å². The summed E-state index contributed by atoms with van der Waals surface area (Å²) >= 11 is 0. The summed E-state index contributed by atoms with van der Waals surface area (Å²) in [5, 5.41) is 10.6. The van der Waals surface area contributed by atoms with Gasteiger partial charge in [-0.2, -0.15) is 0 Å². The molecule has 0 fully saturated rings. The minimum atomic E-state index is -4.96. The van der Waals surface area contributed by atoms with Gasteiger partial charge in [0.05, 0.1) is 26.4 Å². The van der Waals surface area contributed by atoms with Crippen LogP contribution >= 0.6 is 15.6 Å². The average Bonchev–Trinajstić information content (AvgIpc) is 0.950. The van der Waals surface area contributed by atoms with Gasteiger partial charge in [0.25, 0.3) is 0 Å². The topological polar surface area (TPSA) is 237 Å². The number of carbonyl (C=O) groups excluding carboxylic acids is 4. The van der Waals surface area contributed by atoms with Gasteiger partial charge in [-0.25, -0.2) is 9.13 Å². The van der Waals surface area contributed by atoms with Crippen molar-refractivity contribution < 1.29 is 80.2 Å². The maximum Gasteiger partial charge on any atom is 0.472 e. The summed E-state index contributed by atoms with van der Waals surface area (Å²) in [7, 11) is -9.91. The maximum atomic E-state index is 13.1. The van der Waals surface area contributed by atoms with Crippen molar-refractivity contribution in [3.63, 3.8) is 0 Å². The minimum absolute atomic E-state index is 0.105. The molecule has 0 radical (unpaired) electrons. The third kappa shape index (κ3) is 74.7. The predicted molar refractivity (Wildman–Crippen MR) is 414 cm³/mol. The lowest BCUT2D eigenvalue weighted by molar-refractivity contribution is -0.161. The summed E-state index contributed by atoms with van der Waals surface area (Å²) in [4.78, 5) is 72.9. The fourth-order valence-corrected chi connectivity index (χ4v) is 14.3. The second-order valence-electron chi connectivity index (χ2n) is 29.8. The van der Waals surface area contributed by atoms with E-state index < -0.39 is 97.5 Å². The molecule has 0 rings (SSSR count). The molecule has 0 saturated heterocycles. The van der Waals surface area contributed by atoms with E-state index >= 15 is 0 Å². The van der Waals surface area contributed by atoms with Crippen molar-refractivity contribution in [2.75, 3.05) is 39.6 Å². The molecule has 101 heavy (non-hydrogen) atoms. The largest absolute Gasteiger partial charge is 0.472 e. The van der Waals surface area contributed by atoms with Gasteiger partial charge in [-0.05, 0) is 31.6 Å². The van der Waals surface area contributed by atoms with Crippen molar-refractivity contribution in [2.24, 2.45) is 5.92 Å². The number of aliphatic hydroxyl groups is 1. The number of hydrogen-bond acceptors (Lipinski definition) is 15. The number of carbonyl (C=O) groups is 4. The third-order valence-corrected chi connectivity index (χ3v) is 21.5. The summed E-state index contributed by atoms with van der Waals surface area (Å²) < 4.78 is 68.6. The van der Waals surface area contributed by atoms with Crippen LogP contribution < -0.4 is 0 Å². The van der Waals surface area contributed by atoms with Gasteiger partial charge in [0.2, 0.25) is 0 Å². The Labute approximate surface area is 619 Å². The van der Waals surface area contributed by atoms with Gasteiger partial charge in [-0.15, -0.1) is 0 Å². The highest BCUT2D eigenvalue weighted by molar-refractivity contribution is 7.47. The number of aliphatic hydroxyl groups excluding tert-OH is 1. The zero-order valence-corrected chi connectivity index (χ0v) is 67.8. The molecule has 0 aliphatic rings. The molecule has 0 aromatic heterocycles. The van der Waals surface area contributed by atoms with E-state index in [1.54, 1.807) is 0 Å². The summed E-state index contributed by atoms with van der Waals surface area (Å²) in [5.74, 6) is -1.34. The second-order valence-corrected chi connectivity index (χ2v) is 32.7. The molecule has 0 bridgehead atoms. The Morgan fingerprint density at radius 1 is 0.277 bits per heavy atom. The molecule has 0 aromatic rings. The molecular formula is C82H160O17P2. The molecule has 0 aliphatic heterocycles. The van der Waals surface area contributed by atoms with Crippen molar-refractivity contribution in [3.8, 4) is 0 Å². The van der Waals surface area contributed by atoms with Crippen molar-refractivity contribution in [1.82, 2.24) is 0 Å². The Kier molecular flexibility index (Phi) is 73.5. The van der Waals surface area contributed by atoms with E-state index in [0.717, 1.165) is 102 Å². The predicted octanol–water partition coefficient (Wildman–Crippen LogP) is 24.8. The molecule has 0 heterocycles. The van der Waals surface area contributed by atoms with E-state index in [1.165, 1.54) is 257 Å². The quantitative estimate of drug-likeness (QED) is 0.0222. The van der Waals surface area contributed by atoms with Crippen LogP contribution in [-0.4, -0.2) is 96.7 Å². The minimum Gasteiger partial charge on any atom is -0.462 e. The molecule has 0 aliphatic carbocycles. The van der Waals surface area contributed by atoms with Gasteiger partial charge in [-0.1, -0.05) is 388 Å². The van der Waals surface area contributed by atoms with Gasteiger partial charge in [-0.3, -0.25) is 37.3 Å². The van der Waals surface area contributed by atoms with Crippen molar-refractivity contribution in [2.45, 2.75) is 457 Å². The Morgan fingerprint density at radius 2 is 0.475 bits per heavy atom. The van der Waals surface area contributed by atoms with Crippen LogP contribution in [-0.2, 0) is 65.4 Å². The molecule has 17 nitrogen and oxygen atoms in total. The van der Waals surface area contributed by atoms with Gasteiger partial charge in [0, 0.05) is 25.7 Å². The van der Waals surface area contributed by atoms with E-state index in [9.17, 15) is 43.2 Å². The highest BCUT2D eigenvalue weighted by Crippen LogP contribution is 2.45. The van der Waals surface area contributed by atoms with Crippen LogP contribution in [0.15, 0.2) is 0 Å². The molecule has 19 heteroatoms. The smallest absolute Gasteiger partial charge is 0.462 e. The summed E-state index contributed by atoms with van der Waals surface area (Å²) in [5.41, 5.74) is 0. The summed E-state index contributed by atoms with van der Waals surface area (Å²) in [6, 6.07) is 0. The monoisotopic (exact) mass is 1480 g/mol. The lowest BCUT2D eigenvalue weighted by atomic mass is 9.99. The van der Waals surface area contributed by atoms with Crippen LogP contribution in [0.1, 0.15) is 439 Å². The van der Waals surface area contributed by atoms with Crippen LogP contribution in [0.4, 0.5) is 0 Å². The van der Waals surface area contributed by atoms with Gasteiger partial charge in [0.15, 0.2) is 12.2 Å². The maximum absolute atomic E-state index is 13.1. The average molecular weight is 1480 g/mol. The standard InChI is InChI=1S/C82H160O17P2/c1-6-10-13-16-19-22-24-26-28-30-32-33-34-36-38-40-42-44-46-52-57-62-67-81(86)98-78(72-93-80(85)66-61-56-51-45-43-41-39-37-35-31-29-27-25-23-20-17-14-11-7-2)74-97-101(90,91)95-70-76(83)69-94-100(88,89)96-73-77(71-92-79(84)65-60-55-50-21-18-15-12-8-3)99-82(87)68-63-58-53-48-47-49-54-59-64-75(5)9-4/h75-78,83H,6-74H2,1-5H3,(H,88,89)(H,90,91)/t75?,76-,77+,78+/m0/s1. The van der Waals surface area contributed by atoms with Crippen LogP contribution in [0.25, 0.3) is 0 Å². The number of ether oxygens (including phenoxy) is 4. The molecule has 0 spiro atoms. The third-order valence-electron chi connectivity index (χ3n) is 19.6. The van der Waals surface area contributed by atoms with E-state index in [-0.39, 0.29) is 25.7 Å². The van der Waals surface area contributed by atoms with Crippen molar-refractivity contribution in [3.05, 3.63) is 0 Å². The second kappa shape index (κ2) is 74.9. The van der Waals surface area contributed by atoms with E-state index in [4.69, 9.17) is 37.0 Å². The van der Waals surface area contributed by atoms with Crippen molar-refractivity contribution in [1.29, 1.82) is 0 Å². The van der Waals surface area contributed by atoms with Gasteiger partial charge >= 0.3 is 39.5 Å². The first-order valence-corrected chi connectivity index (χ1v) is 45.7. The first-order valence-electron chi connectivity index (χ1n) is 42.7. The number of rotatable bonds is 82. The summed E-state index contributed by atoms with van der Waals surface area (Å²) in [6.07, 6.45) is 66.9. The fraction of sp³-hybridized carbons (Fsp3) is 0.951. The molecule has 0 aromatic carbocycles. The van der Waals surface area contributed by atoms with Crippen LogP contribution in [0.3, 0.4) is 0 Å². The van der Waals surface area contributed by atoms with Gasteiger partial charge in [0.1, 0.15) is 19.3 Å². The Hall–Kier alpha value is -1.94. The zero-order chi connectivity index (χ0) is 74.1. The molecule has 3 N–H and O–H groups in total. The highest BCUT2D eigenvalue weighted by atomic mass is 31.2. The molecular weight excluding hydrogens is 1320 g/mol. The lowest BCUT2D eigenvalue weighted by Crippen LogP contribution is -2.30.